The van der Waals surface area contributed by atoms with Crippen molar-refractivity contribution in [3.8, 4) is 11.5 Å². The fraction of sp³-hybridized carbons (Fsp3) is 0.250. The molecule has 0 amide bonds. The van der Waals surface area contributed by atoms with Gasteiger partial charge in [-0.05, 0) is 28.1 Å². The maximum Gasteiger partial charge on any atom is 0.142 e. The first-order valence-corrected chi connectivity index (χ1v) is 4.39. The van der Waals surface area contributed by atoms with Gasteiger partial charge in [-0.1, -0.05) is 0 Å². The van der Waals surface area contributed by atoms with Gasteiger partial charge in [-0.15, -0.1) is 0 Å². The average molecular weight is 230 g/mol. The van der Waals surface area contributed by atoms with Crippen molar-refractivity contribution in [3.63, 3.8) is 0 Å². The zero-order valence-electron chi connectivity index (χ0n) is 6.25. The highest BCUT2D eigenvalue weighted by atomic mass is 79.9. The van der Waals surface area contributed by atoms with Crippen LogP contribution in [0.2, 0.25) is 0 Å². The van der Waals surface area contributed by atoms with Gasteiger partial charge < -0.3 is 15.6 Å². The summed E-state index contributed by atoms with van der Waals surface area (Å²) >= 11 is 3.23. The molecule has 0 fully saturated rings. The monoisotopic (exact) mass is 229 g/mol. The number of ether oxygens (including phenoxy) is 1. The van der Waals surface area contributed by atoms with E-state index in [-0.39, 0.29) is 11.8 Å². The molecule has 1 aliphatic rings. The Labute approximate surface area is 78.3 Å². The molecule has 1 aromatic rings. The Bertz CT molecular complexity index is 327. The Morgan fingerprint density at radius 1 is 1.58 bits per heavy atom. The molecule has 0 aliphatic carbocycles. The minimum atomic E-state index is -0.0723. The number of benzene rings is 1. The third kappa shape index (κ3) is 0.990. The lowest BCUT2D eigenvalue weighted by atomic mass is 10.1. The lowest BCUT2D eigenvalue weighted by Gasteiger charge is -2.03. The first-order chi connectivity index (χ1) is 5.70. The standard InChI is InChI=1S/C8H8BrNO2/c9-7-6(11)2-1-4-5(10)3-12-8(4)7/h1-2,5,11H,3,10H2. The molecule has 1 aliphatic heterocycles. The first kappa shape index (κ1) is 7.89. The van der Waals surface area contributed by atoms with Crippen LogP contribution in [0.5, 0.6) is 11.5 Å². The Morgan fingerprint density at radius 3 is 3.08 bits per heavy atom. The minimum Gasteiger partial charge on any atom is -0.507 e. The van der Waals surface area contributed by atoms with E-state index >= 15 is 0 Å². The SMILES string of the molecule is NC1COc2c1ccc(O)c2Br. The average Bonchev–Trinajstić information content (AvgIpc) is 2.41. The van der Waals surface area contributed by atoms with Gasteiger partial charge in [-0.3, -0.25) is 0 Å². The van der Waals surface area contributed by atoms with Crippen molar-refractivity contribution in [2.24, 2.45) is 5.73 Å². The van der Waals surface area contributed by atoms with Crippen molar-refractivity contribution in [2.45, 2.75) is 6.04 Å². The van der Waals surface area contributed by atoms with Crippen LogP contribution < -0.4 is 10.5 Å². The molecule has 0 spiro atoms. The lowest BCUT2D eigenvalue weighted by Crippen LogP contribution is -2.10. The summed E-state index contributed by atoms with van der Waals surface area (Å²) in [5, 5.41) is 9.30. The van der Waals surface area contributed by atoms with Crippen LogP contribution in [0.3, 0.4) is 0 Å². The number of phenolic OH excluding ortho intramolecular Hbond substituents is 1. The smallest absolute Gasteiger partial charge is 0.142 e. The number of halogens is 1. The van der Waals surface area contributed by atoms with Crippen LogP contribution in [0.4, 0.5) is 0 Å². The molecule has 0 radical (unpaired) electrons. The predicted octanol–water partition coefficient (Wildman–Crippen LogP) is 1.55. The molecule has 0 aromatic heterocycles. The summed E-state index contributed by atoms with van der Waals surface area (Å²) in [5.41, 5.74) is 6.68. The van der Waals surface area contributed by atoms with Crippen LogP contribution in [0.1, 0.15) is 11.6 Å². The van der Waals surface area contributed by atoms with Gasteiger partial charge in [0.2, 0.25) is 0 Å². The van der Waals surface area contributed by atoms with Crippen molar-refractivity contribution in [3.05, 3.63) is 22.2 Å². The summed E-state index contributed by atoms with van der Waals surface area (Å²) < 4.78 is 5.88. The van der Waals surface area contributed by atoms with Crippen molar-refractivity contribution in [1.29, 1.82) is 0 Å². The molecular weight excluding hydrogens is 222 g/mol. The summed E-state index contributed by atoms with van der Waals surface area (Å²) in [4.78, 5) is 0. The predicted molar refractivity (Wildman–Crippen MR) is 48.2 cm³/mol. The molecule has 4 heteroatoms. The summed E-state index contributed by atoms with van der Waals surface area (Å²) in [6.45, 7) is 0.484. The third-order valence-corrected chi connectivity index (χ3v) is 2.68. The van der Waals surface area contributed by atoms with Crippen LogP contribution in [0.25, 0.3) is 0 Å². The maximum absolute atomic E-state index is 9.30. The summed E-state index contributed by atoms with van der Waals surface area (Å²) in [6, 6.07) is 3.32. The molecule has 3 N–H and O–H groups in total. The highest BCUT2D eigenvalue weighted by Crippen LogP contribution is 2.42. The van der Waals surface area contributed by atoms with Gasteiger partial charge in [0.25, 0.3) is 0 Å². The molecule has 12 heavy (non-hydrogen) atoms. The summed E-state index contributed by atoms with van der Waals surface area (Å²) in [6.07, 6.45) is 0. The second-order valence-electron chi connectivity index (χ2n) is 2.73. The Kier molecular flexibility index (Phi) is 1.73. The van der Waals surface area contributed by atoms with Crippen LogP contribution >= 0.6 is 15.9 Å². The summed E-state index contributed by atoms with van der Waals surface area (Å²) in [7, 11) is 0. The van der Waals surface area contributed by atoms with Gasteiger partial charge >= 0.3 is 0 Å². The molecule has 0 saturated carbocycles. The largest absolute Gasteiger partial charge is 0.507 e. The molecule has 1 heterocycles. The molecule has 0 bridgehead atoms. The molecule has 1 unspecified atom stereocenters. The number of phenols is 1. The van der Waals surface area contributed by atoms with E-state index in [0.29, 0.717) is 16.8 Å². The second-order valence-corrected chi connectivity index (χ2v) is 3.53. The number of hydrogen-bond acceptors (Lipinski definition) is 3. The molecule has 3 nitrogen and oxygen atoms in total. The van der Waals surface area contributed by atoms with E-state index in [1.807, 2.05) is 0 Å². The Hall–Kier alpha value is -0.740. The van der Waals surface area contributed by atoms with Gasteiger partial charge in [0.1, 0.15) is 22.6 Å². The van der Waals surface area contributed by atoms with Crippen LogP contribution in [-0.2, 0) is 0 Å². The molecule has 1 aromatic carbocycles. The van der Waals surface area contributed by atoms with E-state index < -0.39 is 0 Å². The van der Waals surface area contributed by atoms with Gasteiger partial charge in [0, 0.05) is 5.56 Å². The van der Waals surface area contributed by atoms with E-state index in [9.17, 15) is 5.11 Å². The van der Waals surface area contributed by atoms with Crippen LogP contribution in [-0.4, -0.2) is 11.7 Å². The molecule has 1 atom stereocenters. The van der Waals surface area contributed by atoms with Gasteiger partial charge in [0.05, 0.1) is 6.04 Å². The number of hydrogen-bond donors (Lipinski definition) is 2. The van der Waals surface area contributed by atoms with Gasteiger partial charge in [-0.25, -0.2) is 0 Å². The highest BCUT2D eigenvalue weighted by molar-refractivity contribution is 9.10. The Morgan fingerprint density at radius 2 is 2.33 bits per heavy atom. The van der Waals surface area contributed by atoms with Gasteiger partial charge in [0.15, 0.2) is 0 Å². The zero-order chi connectivity index (χ0) is 8.72. The maximum atomic E-state index is 9.30. The normalized spacial score (nSPS) is 20.3. The van der Waals surface area contributed by atoms with Gasteiger partial charge in [-0.2, -0.15) is 0 Å². The first-order valence-electron chi connectivity index (χ1n) is 3.60. The van der Waals surface area contributed by atoms with Crippen LogP contribution in [0.15, 0.2) is 16.6 Å². The van der Waals surface area contributed by atoms with Crippen molar-refractivity contribution >= 4 is 15.9 Å². The van der Waals surface area contributed by atoms with E-state index in [2.05, 4.69) is 15.9 Å². The second kappa shape index (κ2) is 2.64. The number of nitrogens with two attached hydrogens (primary N) is 1. The highest BCUT2D eigenvalue weighted by Gasteiger charge is 2.24. The number of rotatable bonds is 0. The number of aromatic hydroxyl groups is 1. The fourth-order valence-corrected chi connectivity index (χ4v) is 1.74. The number of fused-ring (bicyclic) bond motifs is 1. The molecule has 2 rings (SSSR count). The van der Waals surface area contributed by atoms with E-state index in [1.54, 1.807) is 12.1 Å². The lowest BCUT2D eigenvalue weighted by molar-refractivity contribution is 0.330. The Balaban J connectivity index is 2.60. The zero-order valence-corrected chi connectivity index (χ0v) is 7.84. The quantitative estimate of drug-likeness (QED) is 0.710. The fourth-order valence-electron chi connectivity index (χ4n) is 1.26. The van der Waals surface area contributed by atoms with Crippen molar-refractivity contribution in [1.82, 2.24) is 0 Å². The van der Waals surface area contributed by atoms with E-state index in [4.69, 9.17) is 10.5 Å². The topological polar surface area (TPSA) is 55.5 Å². The third-order valence-electron chi connectivity index (χ3n) is 1.91. The van der Waals surface area contributed by atoms with Crippen molar-refractivity contribution < 1.29 is 9.84 Å². The van der Waals surface area contributed by atoms with Crippen molar-refractivity contribution in [2.75, 3.05) is 6.61 Å². The van der Waals surface area contributed by atoms with E-state index in [0.717, 1.165) is 5.56 Å². The molecule has 64 valence electrons. The van der Waals surface area contributed by atoms with E-state index in [1.165, 1.54) is 0 Å². The van der Waals surface area contributed by atoms with Crippen LogP contribution in [0, 0.1) is 0 Å². The molecule has 0 saturated heterocycles. The summed E-state index contributed by atoms with van der Waals surface area (Å²) in [5.74, 6) is 0.852. The minimum absolute atomic E-state index is 0.0723. The molecular formula is C8H8BrNO2.